The van der Waals surface area contributed by atoms with Crippen LogP contribution in [-0.4, -0.2) is 37.2 Å². The molecule has 0 bridgehead atoms. The Labute approximate surface area is 478 Å². The Kier molecular flexibility index (Phi) is 62.7. The third kappa shape index (κ3) is 63.6. The van der Waals surface area contributed by atoms with Crippen molar-refractivity contribution in [2.24, 2.45) is 0 Å². The smallest absolute Gasteiger partial charge is 0.306 e. The summed E-state index contributed by atoms with van der Waals surface area (Å²) in [6, 6.07) is 0. The van der Waals surface area contributed by atoms with Gasteiger partial charge in [-0.05, 0) is 83.5 Å². The molecule has 77 heavy (non-hydrogen) atoms. The van der Waals surface area contributed by atoms with Gasteiger partial charge in [-0.25, -0.2) is 0 Å². The number of hydrogen-bond acceptors (Lipinski definition) is 6. The van der Waals surface area contributed by atoms with E-state index in [4.69, 9.17) is 14.2 Å². The van der Waals surface area contributed by atoms with Crippen molar-refractivity contribution in [3.63, 3.8) is 0 Å². The Morgan fingerprint density at radius 2 is 0.532 bits per heavy atom. The average Bonchev–Trinajstić information content (AvgIpc) is 3.43. The SMILES string of the molecule is CC/C=C\C/C=C\C/C=C\C/C=C\CCCCCCCCCCCCCCCCCCCCC(=O)OCC(COC(=O)CCCCCCC/C=C\C/C=C\CCC)OC(=O)CCCCCCCCCCCCCCCCC. The standard InChI is InChI=1S/C71H126O6/c1-4-7-10-13-16-19-22-25-27-28-29-30-31-32-33-34-35-36-37-38-39-40-41-42-44-46-49-52-55-58-61-64-70(73)76-67-68(66-75-69(72)63-60-57-54-51-48-45-24-21-18-15-12-9-6-3)77-71(74)65-62-59-56-53-50-47-43-26-23-20-17-14-11-8-5-2/h7,10,12,15-16,19,21,24-25,27,29-30,68H,4-6,8-9,11,13-14,17-18,20,22-23,26,28,31-67H2,1-3H3/b10-7-,15-12-,19-16-,24-21-,27-25-,30-29-. The second kappa shape index (κ2) is 65.4. The Bertz CT molecular complexity index is 1420. The van der Waals surface area contributed by atoms with Crippen LogP contribution in [-0.2, 0) is 28.6 Å². The van der Waals surface area contributed by atoms with Gasteiger partial charge in [-0.3, -0.25) is 14.4 Å². The summed E-state index contributed by atoms with van der Waals surface area (Å²) < 4.78 is 16.9. The normalized spacial score (nSPS) is 12.5. The fraction of sp³-hybridized carbons (Fsp3) is 0.789. The molecule has 0 amide bonds. The highest BCUT2D eigenvalue weighted by molar-refractivity contribution is 5.71. The van der Waals surface area contributed by atoms with Gasteiger partial charge in [0.15, 0.2) is 6.10 Å². The molecule has 6 heteroatoms. The van der Waals surface area contributed by atoms with Crippen molar-refractivity contribution < 1.29 is 28.6 Å². The Hall–Kier alpha value is -3.15. The number of rotatable bonds is 61. The fourth-order valence-corrected chi connectivity index (χ4v) is 9.71. The van der Waals surface area contributed by atoms with Crippen molar-refractivity contribution >= 4 is 17.9 Å². The number of unbranched alkanes of at least 4 members (excludes halogenated alkanes) is 38. The van der Waals surface area contributed by atoms with Crippen molar-refractivity contribution in [1.82, 2.24) is 0 Å². The third-order valence-electron chi connectivity index (χ3n) is 14.7. The number of ether oxygens (including phenoxy) is 3. The second-order valence-electron chi connectivity index (χ2n) is 22.4. The van der Waals surface area contributed by atoms with E-state index < -0.39 is 6.10 Å². The molecule has 0 N–H and O–H groups in total. The van der Waals surface area contributed by atoms with Gasteiger partial charge in [0.25, 0.3) is 0 Å². The summed E-state index contributed by atoms with van der Waals surface area (Å²) in [6.45, 7) is 6.50. The zero-order valence-electron chi connectivity index (χ0n) is 51.2. The molecule has 0 aliphatic rings. The minimum Gasteiger partial charge on any atom is -0.462 e. The van der Waals surface area contributed by atoms with Crippen LogP contribution in [0.5, 0.6) is 0 Å². The molecular weight excluding hydrogens is 949 g/mol. The first-order valence-electron chi connectivity index (χ1n) is 33.4. The molecule has 0 saturated carbocycles. The van der Waals surface area contributed by atoms with E-state index in [0.717, 1.165) is 109 Å². The lowest BCUT2D eigenvalue weighted by atomic mass is 10.0. The van der Waals surface area contributed by atoms with Crippen LogP contribution in [0.1, 0.15) is 342 Å². The van der Waals surface area contributed by atoms with Crippen LogP contribution < -0.4 is 0 Å². The van der Waals surface area contributed by atoms with Crippen LogP contribution in [0, 0.1) is 0 Å². The minimum absolute atomic E-state index is 0.0746. The first-order valence-corrected chi connectivity index (χ1v) is 33.4. The van der Waals surface area contributed by atoms with E-state index in [1.807, 2.05) is 0 Å². The highest BCUT2D eigenvalue weighted by Gasteiger charge is 2.19. The summed E-state index contributed by atoms with van der Waals surface area (Å²) in [5.41, 5.74) is 0. The van der Waals surface area contributed by atoms with Crippen LogP contribution in [0.25, 0.3) is 0 Å². The van der Waals surface area contributed by atoms with E-state index in [0.29, 0.717) is 19.3 Å². The lowest BCUT2D eigenvalue weighted by Gasteiger charge is -2.18. The first-order chi connectivity index (χ1) is 38.0. The summed E-state index contributed by atoms with van der Waals surface area (Å²) in [7, 11) is 0. The van der Waals surface area contributed by atoms with Gasteiger partial charge in [0.05, 0.1) is 0 Å². The molecule has 0 saturated heterocycles. The van der Waals surface area contributed by atoms with E-state index >= 15 is 0 Å². The molecule has 0 rings (SSSR count). The Morgan fingerprint density at radius 1 is 0.273 bits per heavy atom. The third-order valence-corrected chi connectivity index (χ3v) is 14.7. The van der Waals surface area contributed by atoms with E-state index in [9.17, 15) is 14.4 Å². The maximum Gasteiger partial charge on any atom is 0.306 e. The average molecular weight is 1080 g/mol. The molecule has 0 aliphatic heterocycles. The first kappa shape index (κ1) is 73.8. The van der Waals surface area contributed by atoms with Crippen LogP contribution in [0.15, 0.2) is 72.9 Å². The largest absolute Gasteiger partial charge is 0.462 e. The van der Waals surface area contributed by atoms with Gasteiger partial charge in [-0.2, -0.15) is 0 Å². The van der Waals surface area contributed by atoms with Crippen LogP contribution in [0.3, 0.4) is 0 Å². The molecule has 0 aromatic heterocycles. The Balaban J connectivity index is 4.15. The monoisotopic (exact) mass is 1070 g/mol. The van der Waals surface area contributed by atoms with Crippen LogP contribution >= 0.6 is 0 Å². The zero-order valence-corrected chi connectivity index (χ0v) is 51.2. The van der Waals surface area contributed by atoms with Crippen LogP contribution in [0.2, 0.25) is 0 Å². The van der Waals surface area contributed by atoms with E-state index in [1.54, 1.807) is 0 Å². The molecule has 0 radical (unpaired) electrons. The number of carbonyl (C=O) groups excluding carboxylic acids is 3. The second-order valence-corrected chi connectivity index (χ2v) is 22.4. The Morgan fingerprint density at radius 3 is 0.844 bits per heavy atom. The van der Waals surface area contributed by atoms with Crippen molar-refractivity contribution in [3.8, 4) is 0 Å². The van der Waals surface area contributed by atoms with E-state index in [1.165, 1.54) is 193 Å². The maximum absolute atomic E-state index is 12.9. The number of carbonyl (C=O) groups is 3. The van der Waals surface area contributed by atoms with Gasteiger partial charge >= 0.3 is 17.9 Å². The van der Waals surface area contributed by atoms with Gasteiger partial charge in [-0.1, -0.05) is 312 Å². The molecular formula is C71H126O6. The molecule has 0 heterocycles. The summed E-state index contributed by atoms with van der Waals surface area (Å²) >= 11 is 0. The fourth-order valence-electron chi connectivity index (χ4n) is 9.71. The molecule has 0 aromatic rings. The van der Waals surface area contributed by atoms with Gasteiger partial charge < -0.3 is 14.2 Å². The van der Waals surface area contributed by atoms with Crippen molar-refractivity contribution in [2.75, 3.05) is 13.2 Å². The quantitative estimate of drug-likeness (QED) is 0.0261. The molecule has 0 spiro atoms. The molecule has 0 fully saturated rings. The molecule has 1 unspecified atom stereocenters. The zero-order chi connectivity index (χ0) is 55.7. The molecule has 6 nitrogen and oxygen atoms in total. The number of esters is 3. The number of hydrogen-bond donors (Lipinski definition) is 0. The number of allylic oxidation sites excluding steroid dienone is 12. The lowest BCUT2D eigenvalue weighted by Crippen LogP contribution is -2.30. The molecule has 0 aliphatic carbocycles. The lowest BCUT2D eigenvalue weighted by molar-refractivity contribution is -0.167. The van der Waals surface area contributed by atoms with Gasteiger partial charge in [0.1, 0.15) is 13.2 Å². The predicted octanol–water partition coefficient (Wildman–Crippen LogP) is 22.9. The summed E-state index contributed by atoms with van der Waals surface area (Å²) in [4.78, 5) is 38.3. The molecule has 446 valence electrons. The summed E-state index contributed by atoms with van der Waals surface area (Å²) in [6.07, 6.45) is 85.0. The topological polar surface area (TPSA) is 78.9 Å². The van der Waals surface area contributed by atoms with Gasteiger partial charge in [-0.15, -0.1) is 0 Å². The minimum atomic E-state index is -0.778. The van der Waals surface area contributed by atoms with E-state index in [2.05, 4.69) is 93.7 Å². The molecule has 0 aromatic carbocycles. The summed E-state index contributed by atoms with van der Waals surface area (Å²) in [5.74, 6) is -0.870. The highest BCUT2D eigenvalue weighted by atomic mass is 16.6. The maximum atomic E-state index is 12.9. The summed E-state index contributed by atoms with van der Waals surface area (Å²) in [5, 5.41) is 0. The van der Waals surface area contributed by atoms with Gasteiger partial charge in [0, 0.05) is 19.3 Å². The van der Waals surface area contributed by atoms with Gasteiger partial charge in [0.2, 0.25) is 0 Å². The van der Waals surface area contributed by atoms with Crippen LogP contribution in [0.4, 0.5) is 0 Å². The van der Waals surface area contributed by atoms with Crippen molar-refractivity contribution in [2.45, 2.75) is 348 Å². The van der Waals surface area contributed by atoms with Crippen molar-refractivity contribution in [3.05, 3.63) is 72.9 Å². The predicted molar refractivity (Wildman–Crippen MR) is 335 cm³/mol. The molecule has 1 atom stereocenters. The van der Waals surface area contributed by atoms with E-state index in [-0.39, 0.29) is 31.1 Å². The van der Waals surface area contributed by atoms with Crippen molar-refractivity contribution in [1.29, 1.82) is 0 Å². The highest BCUT2D eigenvalue weighted by Crippen LogP contribution is 2.18.